The first kappa shape index (κ1) is 22.8. The molecule has 2 aromatic rings. The van der Waals surface area contributed by atoms with Crippen molar-refractivity contribution in [2.24, 2.45) is 0 Å². The van der Waals surface area contributed by atoms with Gasteiger partial charge in [-0.15, -0.1) is 0 Å². The number of anilines is 1. The number of benzene rings is 2. The van der Waals surface area contributed by atoms with E-state index in [9.17, 15) is 13.2 Å². The zero-order chi connectivity index (χ0) is 21.6. The summed E-state index contributed by atoms with van der Waals surface area (Å²) < 4.78 is 38.4. The third-order valence-corrected chi connectivity index (χ3v) is 6.47. The molecule has 9 heteroatoms. The molecule has 2 aromatic carbocycles. The molecule has 7 nitrogen and oxygen atoms in total. The van der Waals surface area contributed by atoms with Gasteiger partial charge in [0.25, 0.3) is 10.0 Å². The summed E-state index contributed by atoms with van der Waals surface area (Å²) in [6, 6.07) is 10.6. The van der Waals surface area contributed by atoms with Crippen molar-refractivity contribution in [1.29, 1.82) is 0 Å². The van der Waals surface area contributed by atoms with Gasteiger partial charge in [0.15, 0.2) is 11.5 Å². The van der Waals surface area contributed by atoms with Crippen LogP contribution in [0.2, 0.25) is 5.02 Å². The third kappa shape index (κ3) is 5.13. The molecule has 0 heterocycles. The summed E-state index contributed by atoms with van der Waals surface area (Å²) in [5.74, 6) is 0.386. The second-order valence-electron chi connectivity index (χ2n) is 6.07. The molecule has 0 bridgehead atoms. The van der Waals surface area contributed by atoms with Crippen LogP contribution in [0.5, 0.6) is 11.5 Å². The number of hydrogen-bond donors (Lipinski definition) is 0. The lowest BCUT2D eigenvalue weighted by atomic mass is 10.3. The number of rotatable bonds is 9. The molecule has 0 radical (unpaired) electrons. The molecule has 0 fully saturated rings. The second kappa shape index (κ2) is 9.84. The summed E-state index contributed by atoms with van der Waals surface area (Å²) >= 11 is 5.95. The van der Waals surface area contributed by atoms with Gasteiger partial charge < -0.3 is 14.4 Å². The van der Waals surface area contributed by atoms with Gasteiger partial charge >= 0.3 is 0 Å². The lowest BCUT2D eigenvalue weighted by Gasteiger charge is -2.27. The van der Waals surface area contributed by atoms with Crippen molar-refractivity contribution in [3.63, 3.8) is 0 Å². The van der Waals surface area contributed by atoms with E-state index in [-0.39, 0.29) is 23.1 Å². The molecule has 158 valence electrons. The number of nitrogens with zero attached hydrogens (tertiary/aromatic N) is 2. The molecule has 29 heavy (non-hydrogen) atoms. The Morgan fingerprint density at radius 3 is 2.07 bits per heavy atom. The van der Waals surface area contributed by atoms with Crippen molar-refractivity contribution in [1.82, 2.24) is 4.90 Å². The van der Waals surface area contributed by atoms with Gasteiger partial charge in [-0.05, 0) is 50.2 Å². The van der Waals surface area contributed by atoms with Gasteiger partial charge in [-0.2, -0.15) is 0 Å². The Balaban J connectivity index is 2.54. The quantitative estimate of drug-likeness (QED) is 0.597. The highest BCUT2D eigenvalue weighted by atomic mass is 35.5. The van der Waals surface area contributed by atoms with Crippen molar-refractivity contribution in [2.75, 3.05) is 38.2 Å². The molecule has 0 atom stereocenters. The summed E-state index contributed by atoms with van der Waals surface area (Å²) in [5, 5.41) is 0.465. The van der Waals surface area contributed by atoms with Gasteiger partial charge in [-0.25, -0.2) is 8.42 Å². The maximum atomic E-state index is 13.4. The molecule has 0 aliphatic heterocycles. The summed E-state index contributed by atoms with van der Waals surface area (Å²) in [4.78, 5) is 14.3. The number of amides is 1. The second-order valence-corrected chi connectivity index (χ2v) is 8.37. The predicted molar refractivity (Wildman–Crippen MR) is 113 cm³/mol. The molecule has 0 saturated heterocycles. The average molecular weight is 441 g/mol. The predicted octanol–water partition coefficient (Wildman–Crippen LogP) is 3.42. The number of methoxy groups -OCH3 is 2. The number of hydrogen-bond acceptors (Lipinski definition) is 5. The maximum absolute atomic E-state index is 13.4. The lowest BCUT2D eigenvalue weighted by Crippen LogP contribution is -2.43. The van der Waals surface area contributed by atoms with E-state index in [1.807, 2.05) is 13.8 Å². The van der Waals surface area contributed by atoms with Crippen LogP contribution in [0.25, 0.3) is 0 Å². The minimum Gasteiger partial charge on any atom is -0.493 e. The Hall–Kier alpha value is -2.45. The Morgan fingerprint density at radius 1 is 0.966 bits per heavy atom. The first-order valence-electron chi connectivity index (χ1n) is 9.06. The fourth-order valence-electron chi connectivity index (χ4n) is 2.83. The number of sulfonamides is 1. The third-order valence-electron chi connectivity index (χ3n) is 4.45. The molecular formula is C20H25ClN2O5S. The van der Waals surface area contributed by atoms with Gasteiger partial charge in [0.2, 0.25) is 5.91 Å². The van der Waals surface area contributed by atoms with Crippen LogP contribution < -0.4 is 13.8 Å². The van der Waals surface area contributed by atoms with Crippen molar-refractivity contribution in [3.05, 3.63) is 47.5 Å². The van der Waals surface area contributed by atoms with E-state index < -0.39 is 10.0 Å². The lowest BCUT2D eigenvalue weighted by molar-refractivity contribution is -0.129. The van der Waals surface area contributed by atoms with Gasteiger partial charge in [-0.1, -0.05) is 11.6 Å². The molecule has 0 aromatic heterocycles. The molecule has 0 N–H and O–H groups in total. The minimum absolute atomic E-state index is 0.0163. The van der Waals surface area contributed by atoms with E-state index in [0.717, 1.165) is 4.31 Å². The number of carbonyl (C=O) groups excluding carboxylic acids is 1. The molecule has 0 aliphatic rings. The summed E-state index contributed by atoms with van der Waals surface area (Å²) in [6.45, 7) is 4.33. The van der Waals surface area contributed by atoms with Gasteiger partial charge in [0, 0.05) is 24.2 Å². The number of halogens is 1. The Bertz CT molecular complexity index is 944. The molecule has 0 spiro atoms. The highest BCUT2D eigenvalue weighted by Crippen LogP contribution is 2.32. The van der Waals surface area contributed by atoms with Gasteiger partial charge in [0.05, 0.1) is 24.8 Å². The van der Waals surface area contributed by atoms with Crippen LogP contribution >= 0.6 is 11.6 Å². The maximum Gasteiger partial charge on any atom is 0.264 e. The van der Waals surface area contributed by atoms with Crippen LogP contribution in [0, 0.1) is 0 Å². The van der Waals surface area contributed by atoms with Crippen molar-refractivity contribution in [3.8, 4) is 11.5 Å². The van der Waals surface area contributed by atoms with E-state index in [0.29, 0.717) is 29.5 Å². The molecule has 0 unspecified atom stereocenters. The summed E-state index contributed by atoms with van der Waals surface area (Å²) in [5.41, 5.74) is 0.338. The molecule has 1 amide bonds. The standard InChI is InChI=1S/C20H25ClN2O5S/c1-5-22(6-2)20(24)14-23(16-9-7-15(21)8-10-16)29(25,26)17-11-12-18(27-3)19(13-17)28-4/h7-13H,5-6,14H2,1-4H3. The van der Waals surface area contributed by atoms with Crippen LogP contribution in [0.3, 0.4) is 0 Å². The number of ether oxygens (including phenoxy) is 2. The first-order valence-corrected chi connectivity index (χ1v) is 10.9. The van der Waals surface area contributed by atoms with Crippen molar-refractivity contribution in [2.45, 2.75) is 18.7 Å². The molecule has 0 aliphatic carbocycles. The van der Waals surface area contributed by atoms with E-state index >= 15 is 0 Å². The average Bonchev–Trinajstić information content (AvgIpc) is 2.73. The van der Waals surface area contributed by atoms with E-state index in [2.05, 4.69) is 0 Å². The zero-order valence-electron chi connectivity index (χ0n) is 16.9. The Kier molecular flexibility index (Phi) is 7.75. The van der Waals surface area contributed by atoms with Crippen LogP contribution in [-0.4, -0.2) is 53.1 Å². The highest BCUT2D eigenvalue weighted by molar-refractivity contribution is 7.92. The largest absolute Gasteiger partial charge is 0.493 e. The molecular weight excluding hydrogens is 416 g/mol. The zero-order valence-corrected chi connectivity index (χ0v) is 18.5. The van der Waals surface area contributed by atoms with Crippen LogP contribution in [0.1, 0.15) is 13.8 Å². The normalized spacial score (nSPS) is 11.1. The van der Waals surface area contributed by atoms with E-state index in [1.165, 1.54) is 32.4 Å². The van der Waals surface area contributed by atoms with E-state index in [1.54, 1.807) is 29.2 Å². The first-order chi connectivity index (χ1) is 13.8. The monoisotopic (exact) mass is 440 g/mol. The highest BCUT2D eigenvalue weighted by Gasteiger charge is 2.29. The fourth-order valence-corrected chi connectivity index (χ4v) is 4.38. The fraction of sp³-hybridized carbons (Fsp3) is 0.350. The van der Waals surface area contributed by atoms with Crippen LogP contribution in [0.15, 0.2) is 47.4 Å². The summed E-state index contributed by atoms with van der Waals surface area (Å²) in [7, 11) is -1.17. The smallest absolute Gasteiger partial charge is 0.264 e. The topological polar surface area (TPSA) is 76.2 Å². The minimum atomic E-state index is -4.06. The van der Waals surface area contributed by atoms with Crippen LogP contribution in [-0.2, 0) is 14.8 Å². The summed E-state index contributed by atoms with van der Waals surface area (Å²) in [6.07, 6.45) is 0. The Morgan fingerprint density at radius 2 is 1.55 bits per heavy atom. The van der Waals surface area contributed by atoms with Gasteiger partial charge in [0.1, 0.15) is 6.54 Å². The number of carbonyl (C=O) groups is 1. The number of likely N-dealkylation sites (N-methyl/N-ethyl adjacent to an activating group) is 1. The molecule has 2 rings (SSSR count). The van der Waals surface area contributed by atoms with Crippen molar-refractivity contribution >= 4 is 33.2 Å². The SMILES string of the molecule is CCN(CC)C(=O)CN(c1ccc(Cl)cc1)S(=O)(=O)c1ccc(OC)c(OC)c1. The van der Waals surface area contributed by atoms with Crippen molar-refractivity contribution < 1.29 is 22.7 Å². The van der Waals surface area contributed by atoms with E-state index in [4.69, 9.17) is 21.1 Å². The Labute approximate surface area is 176 Å². The van der Waals surface area contributed by atoms with Gasteiger partial charge in [-0.3, -0.25) is 9.10 Å². The van der Waals surface area contributed by atoms with Crippen LogP contribution in [0.4, 0.5) is 5.69 Å². The molecule has 0 saturated carbocycles.